The molecule has 3 rings (SSSR count). The van der Waals surface area contributed by atoms with Crippen molar-refractivity contribution in [2.24, 2.45) is 17.8 Å². The maximum absolute atomic E-state index is 11.3. The van der Waals surface area contributed by atoms with Gasteiger partial charge in [0.1, 0.15) is 0 Å². The zero-order chi connectivity index (χ0) is 12.7. The number of carboxylic acid groups (broad SMARTS) is 1. The lowest BCUT2D eigenvalue weighted by Crippen LogP contribution is -2.24. The lowest BCUT2D eigenvalue weighted by atomic mass is 9.92. The van der Waals surface area contributed by atoms with Gasteiger partial charge in [0.15, 0.2) is 0 Å². The number of carboxylic acids is 1. The molecule has 1 aromatic heterocycles. The van der Waals surface area contributed by atoms with Crippen LogP contribution in [0.15, 0.2) is 18.3 Å². The third-order valence-electron chi connectivity index (χ3n) is 4.16. The van der Waals surface area contributed by atoms with E-state index in [9.17, 15) is 9.90 Å². The molecule has 4 heteroatoms. The van der Waals surface area contributed by atoms with E-state index in [1.165, 1.54) is 12.8 Å². The number of rotatable bonds is 3. The minimum absolute atomic E-state index is 0.203. The Bertz CT molecular complexity index is 471. The number of nitrogens with zero attached hydrogens (tertiary/aromatic N) is 2. The van der Waals surface area contributed by atoms with Crippen molar-refractivity contribution in [3.05, 3.63) is 24.0 Å². The maximum Gasteiger partial charge on any atom is 0.308 e. The van der Waals surface area contributed by atoms with E-state index in [1.807, 2.05) is 19.1 Å². The highest BCUT2D eigenvalue weighted by Gasteiger charge is 2.45. The van der Waals surface area contributed by atoms with Crippen molar-refractivity contribution in [1.29, 1.82) is 0 Å². The van der Waals surface area contributed by atoms with E-state index in [4.69, 9.17) is 0 Å². The van der Waals surface area contributed by atoms with Gasteiger partial charge in [0.25, 0.3) is 0 Å². The molecule has 2 heterocycles. The number of aryl methyl sites for hydroxylation is 1. The van der Waals surface area contributed by atoms with Crippen LogP contribution in [0.5, 0.6) is 0 Å². The van der Waals surface area contributed by atoms with Gasteiger partial charge in [-0.05, 0) is 43.7 Å². The van der Waals surface area contributed by atoms with Gasteiger partial charge in [-0.25, -0.2) is 0 Å². The van der Waals surface area contributed by atoms with Gasteiger partial charge in [0.2, 0.25) is 0 Å². The van der Waals surface area contributed by atoms with E-state index in [2.05, 4.69) is 9.88 Å². The molecule has 0 unspecified atom stereocenters. The summed E-state index contributed by atoms with van der Waals surface area (Å²) in [6.45, 7) is 3.48. The highest BCUT2D eigenvalue weighted by atomic mass is 16.4. The molecule has 1 aromatic rings. The monoisotopic (exact) mass is 246 g/mol. The average Bonchev–Trinajstić information content (AvgIpc) is 3.07. The molecular formula is C14H18N2O2. The lowest BCUT2D eigenvalue weighted by molar-refractivity contribution is -0.142. The zero-order valence-corrected chi connectivity index (χ0v) is 10.5. The summed E-state index contributed by atoms with van der Waals surface area (Å²) in [6.07, 6.45) is 4.21. The predicted octanol–water partition coefficient (Wildman–Crippen LogP) is 1.94. The maximum atomic E-state index is 11.3. The number of anilines is 1. The van der Waals surface area contributed by atoms with Gasteiger partial charge in [0, 0.05) is 30.7 Å². The molecule has 1 N–H and O–H groups in total. The van der Waals surface area contributed by atoms with Crippen molar-refractivity contribution >= 4 is 11.7 Å². The standard InChI is InChI=1S/C14H18N2O2/c1-9-6-11(4-5-15-9)16-7-12(10-2-3-10)13(8-16)14(17)18/h4-6,10,12-13H,2-3,7-8H2,1H3,(H,17,18)/t12-,13+/m1/s1. The zero-order valence-electron chi connectivity index (χ0n) is 10.5. The molecule has 2 atom stereocenters. The summed E-state index contributed by atoms with van der Waals surface area (Å²) in [6, 6.07) is 4.01. The SMILES string of the molecule is Cc1cc(N2C[C@H](C(=O)O)[C@@H](C3CC3)C2)ccn1. The number of pyridine rings is 1. The average molecular weight is 246 g/mol. The molecule has 0 bridgehead atoms. The molecule has 0 spiro atoms. The van der Waals surface area contributed by atoms with Crippen LogP contribution in [0.3, 0.4) is 0 Å². The fourth-order valence-electron chi connectivity index (χ4n) is 3.03. The quantitative estimate of drug-likeness (QED) is 0.885. The molecule has 1 aliphatic carbocycles. The fraction of sp³-hybridized carbons (Fsp3) is 0.571. The molecule has 18 heavy (non-hydrogen) atoms. The van der Waals surface area contributed by atoms with Crippen LogP contribution in [0, 0.1) is 24.7 Å². The summed E-state index contributed by atoms with van der Waals surface area (Å²) in [7, 11) is 0. The molecule has 2 fully saturated rings. The molecule has 96 valence electrons. The lowest BCUT2D eigenvalue weighted by Gasteiger charge is -2.18. The number of hydrogen-bond acceptors (Lipinski definition) is 3. The van der Waals surface area contributed by atoms with Crippen molar-refractivity contribution in [2.75, 3.05) is 18.0 Å². The number of hydrogen-bond donors (Lipinski definition) is 1. The van der Waals surface area contributed by atoms with Gasteiger partial charge in [0.05, 0.1) is 5.92 Å². The Morgan fingerprint density at radius 2 is 2.22 bits per heavy atom. The summed E-state index contributed by atoms with van der Waals surface area (Å²) < 4.78 is 0. The van der Waals surface area contributed by atoms with E-state index in [0.29, 0.717) is 18.4 Å². The Hall–Kier alpha value is -1.58. The molecular weight excluding hydrogens is 228 g/mol. The highest BCUT2D eigenvalue weighted by molar-refractivity contribution is 5.73. The molecule has 0 radical (unpaired) electrons. The van der Waals surface area contributed by atoms with Gasteiger partial charge in [-0.1, -0.05) is 0 Å². The van der Waals surface area contributed by atoms with Crippen molar-refractivity contribution in [1.82, 2.24) is 4.98 Å². The Morgan fingerprint density at radius 1 is 1.44 bits per heavy atom. The second kappa shape index (κ2) is 4.26. The molecule has 1 saturated carbocycles. The number of carbonyl (C=O) groups is 1. The Labute approximate surface area is 107 Å². The normalized spacial score (nSPS) is 27.5. The first kappa shape index (κ1) is 11.5. The van der Waals surface area contributed by atoms with Gasteiger partial charge in [-0.2, -0.15) is 0 Å². The van der Waals surface area contributed by atoms with E-state index in [-0.39, 0.29) is 5.92 Å². The summed E-state index contributed by atoms with van der Waals surface area (Å²) >= 11 is 0. The molecule has 1 saturated heterocycles. The van der Waals surface area contributed by atoms with Crippen molar-refractivity contribution < 1.29 is 9.90 Å². The Balaban J connectivity index is 1.81. The highest BCUT2D eigenvalue weighted by Crippen LogP contribution is 2.44. The first-order chi connectivity index (χ1) is 8.65. The van der Waals surface area contributed by atoms with Gasteiger partial charge in [-0.15, -0.1) is 0 Å². The minimum Gasteiger partial charge on any atom is -0.481 e. The molecule has 0 amide bonds. The third kappa shape index (κ3) is 2.07. The Kier molecular flexibility index (Phi) is 2.73. The number of aliphatic carboxylic acids is 1. The van der Waals surface area contributed by atoms with Crippen LogP contribution in [-0.4, -0.2) is 29.1 Å². The third-order valence-corrected chi connectivity index (χ3v) is 4.16. The second-order valence-electron chi connectivity index (χ2n) is 5.51. The molecule has 0 aromatic carbocycles. The summed E-state index contributed by atoms with van der Waals surface area (Å²) in [5, 5.41) is 9.34. The van der Waals surface area contributed by atoms with Gasteiger partial charge < -0.3 is 10.0 Å². The number of aromatic nitrogens is 1. The van der Waals surface area contributed by atoms with Crippen LogP contribution in [0.25, 0.3) is 0 Å². The van der Waals surface area contributed by atoms with Crippen LogP contribution >= 0.6 is 0 Å². The second-order valence-corrected chi connectivity index (χ2v) is 5.51. The topological polar surface area (TPSA) is 53.4 Å². The van der Waals surface area contributed by atoms with Crippen LogP contribution < -0.4 is 4.90 Å². The van der Waals surface area contributed by atoms with E-state index < -0.39 is 5.97 Å². The van der Waals surface area contributed by atoms with Crippen molar-refractivity contribution in [3.8, 4) is 0 Å². The summed E-state index contributed by atoms with van der Waals surface area (Å²) in [5.74, 6) is 0.126. The summed E-state index contributed by atoms with van der Waals surface area (Å²) in [4.78, 5) is 17.7. The van der Waals surface area contributed by atoms with Crippen LogP contribution in [-0.2, 0) is 4.79 Å². The smallest absolute Gasteiger partial charge is 0.308 e. The molecule has 4 nitrogen and oxygen atoms in total. The van der Waals surface area contributed by atoms with E-state index >= 15 is 0 Å². The van der Waals surface area contributed by atoms with Crippen molar-refractivity contribution in [3.63, 3.8) is 0 Å². The van der Waals surface area contributed by atoms with Gasteiger partial charge in [-0.3, -0.25) is 9.78 Å². The van der Waals surface area contributed by atoms with Crippen LogP contribution in [0.4, 0.5) is 5.69 Å². The molecule has 2 aliphatic rings. The fourth-order valence-corrected chi connectivity index (χ4v) is 3.03. The van der Waals surface area contributed by atoms with Crippen LogP contribution in [0.1, 0.15) is 18.5 Å². The Morgan fingerprint density at radius 3 is 2.83 bits per heavy atom. The first-order valence-corrected chi connectivity index (χ1v) is 6.55. The van der Waals surface area contributed by atoms with Gasteiger partial charge >= 0.3 is 5.97 Å². The van der Waals surface area contributed by atoms with E-state index in [0.717, 1.165) is 17.9 Å². The first-order valence-electron chi connectivity index (χ1n) is 6.55. The summed E-state index contributed by atoms with van der Waals surface area (Å²) in [5.41, 5.74) is 2.09. The van der Waals surface area contributed by atoms with Crippen molar-refractivity contribution in [2.45, 2.75) is 19.8 Å². The molecule has 1 aliphatic heterocycles. The minimum atomic E-state index is -0.639. The van der Waals surface area contributed by atoms with E-state index in [1.54, 1.807) is 6.20 Å². The largest absolute Gasteiger partial charge is 0.481 e. The predicted molar refractivity (Wildman–Crippen MR) is 68.5 cm³/mol. The van der Waals surface area contributed by atoms with Crippen LogP contribution in [0.2, 0.25) is 0 Å².